The summed E-state index contributed by atoms with van der Waals surface area (Å²) >= 11 is 0. The number of carbonyl (C=O) groups is 2. The molecule has 1 aromatic heterocycles. The Morgan fingerprint density at radius 1 is 1.14 bits per heavy atom. The molecular formula is C14H13N3O5. The molecule has 0 saturated carbocycles. The molecule has 0 bridgehead atoms. The van der Waals surface area contributed by atoms with Crippen molar-refractivity contribution in [1.82, 2.24) is 10.6 Å². The summed E-state index contributed by atoms with van der Waals surface area (Å²) in [5.74, 6) is -0.246. The van der Waals surface area contributed by atoms with Gasteiger partial charge in [-0.3, -0.25) is 19.7 Å². The van der Waals surface area contributed by atoms with Crippen LogP contribution >= 0.6 is 0 Å². The fraction of sp³-hybridized carbons (Fsp3) is 0.143. The van der Waals surface area contributed by atoms with Gasteiger partial charge in [-0.2, -0.15) is 0 Å². The topological polar surface area (TPSA) is 114 Å². The number of nitrogens with zero attached hydrogens (tertiary/aromatic N) is 1. The van der Waals surface area contributed by atoms with Crippen LogP contribution in [0.25, 0.3) is 0 Å². The lowest BCUT2D eigenvalue weighted by molar-refractivity contribution is -0.384. The molecule has 0 aliphatic rings. The Balaban J connectivity index is 1.79. The minimum Gasteiger partial charge on any atom is -0.467 e. The highest BCUT2D eigenvalue weighted by Crippen LogP contribution is 2.11. The van der Waals surface area contributed by atoms with Crippen molar-refractivity contribution in [3.8, 4) is 0 Å². The van der Waals surface area contributed by atoms with Crippen molar-refractivity contribution in [2.75, 3.05) is 6.54 Å². The van der Waals surface area contributed by atoms with E-state index >= 15 is 0 Å². The number of amides is 2. The average Bonchev–Trinajstić information content (AvgIpc) is 3.04. The van der Waals surface area contributed by atoms with Crippen LogP contribution in [-0.4, -0.2) is 23.3 Å². The van der Waals surface area contributed by atoms with Gasteiger partial charge in [-0.15, -0.1) is 0 Å². The van der Waals surface area contributed by atoms with Crippen molar-refractivity contribution >= 4 is 17.5 Å². The summed E-state index contributed by atoms with van der Waals surface area (Å²) in [6.45, 7) is 0.0375. The maximum atomic E-state index is 11.8. The van der Waals surface area contributed by atoms with Crippen LogP contribution in [0.4, 0.5) is 5.69 Å². The highest BCUT2D eigenvalue weighted by molar-refractivity contribution is 5.96. The number of non-ortho nitro benzene ring substituents is 1. The number of hydrogen-bond donors (Lipinski definition) is 2. The van der Waals surface area contributed by atoms with Crippen LogP contribution in [0.5, 0.6) is 0 Å². The van der Waals surface area contributed by atoms with E-state index in [1.54, 1.807) is 12.1 Å². The lowest BCUT2D eigenvalue weighted by atomic mass is 10.2. The monoisotopic (exact) mass is 303 g/mol. The van der Waals surface area contributed by atoms with E-state index in [1.807, 2.05) is 0 Å². The second-order valence-corrected chi connectivity index (χ2v) is 4.34. The molecule has 114 valence electrons. The number of furan rings is 1. The zero-order chi connectivity index (χ0) is 15.9. The number of rotatable bonds is 6. The third kappa shape index (κ3) is 4.17. The molecule has 2 amide bonds. The Morgan fingerprint density at radius 2 is 1.86 bits per heavy atom. The molecule has 0 atom stereocenters. The predicted octanol–water partition coefficient (Wildman–Crippen LogP) is 1.23. The average molecular weight is 303 g/mol. The molecule has 2 N–H and O–H groups in total. The number of nitro groups is 1. The first-order valence-corrected chi connectivity index (χ1v) is 6.38. The first kappa shape index (κ1) is 15.2. The number of nitrogens with one attached hydrogen (secondary N) is 2. The Morgan fingerprint density at radius 3 is 2.45 bits per heavy atom. The summed E-state index contributed by atoms with van der Waals surface area (Å²) in [5.41, 5.74) is 0.136. The smallest absolute Gasteiger partial charge is 0.269 e. The number of carbonyl (C=O) groups excluding carboxylic acids is 2. The molecule has 0 aliphatic heterocycles. The van der Waals surface area contributed by atoms with Crippen molar-refractivity contribution in [3.63, 3.8) is 0 Å². The second kappa shape index (κ2) is 7.02. The lowest BCUT2D eigenvalue weighted by Crippen LogP contribution is -2.36. The molecule has 0 radical (unpaired) electrons. The van der Waals surface area contributed by atoms with E-state index in [-0.39, 0.29) is 30.2 Å². The van der Waals surface area contributed by atoms with Gasteiger partial charge in [0.1, 0.15) is 5.76 Å². The van der Waals surface area contributed by atoms with Gasteiger partial charge in [-0.25, -0.2) is 0 Å². The molecule has 1 aromatic carbocycles. The van der Waals surface area contributed by atoms with Crippen LogP contribution < -0.4 is 10.6 Å². The molecule has 1 heterocycles. The van der Waals surface area contributed by atoms with Gasteiger partial charge >= 0.3 is 0 Å². The van der Waals surface area contributed by atoms with Crippen molar-refractivity contribution in [2.24, 2.45) is 0 Å². The highest BCUT2D eigenvalue weighted by atomic mass is 16.6. The van der Waals surface area contributed by atoms with Crippen LogP contribution in [0, 0.1) is 10.1 Å². The second-order valence-electron chi connectivity index (χ2n) is 4.34. The number of hydrogen-bond acceptors (Lipinski definition) is 5. The fourth-order valence-corrected chi connectivity index (χ4v) is 1.66. The summed E-state index contributed by atoms with van der Waals surface area (Å²) in [5, 5.41) is 15.5. The molecule has 2 rings (SSSR count). The maximum Gasteiger partial charge on any atom is 0.269 e. The Hall–Kier alpha value is -3.16. The van der Waals surface area contributed by atoms with Crippen molar-refractivity contribution in [2.45, 2.75) is 6.54 Å². The van der Waals surface area contributed by atoms with Gasteiger partial charge in [0.15, 0.2) is 0 Å². The van der Waals surface area contributed by atoms with Gasteiger partial charge in [0.05, 0.1) is 24.3 Å². The summed E-state index contributed by atoms with van der Waals surface area (Å²) < 4.78 is 5.05. The van der Waals surface area contributed by atoms with E-state index in [4.69, 9.17) is 4.42 Å². The summed E-state index contributed by atoms with van der Waals surface area (Å²) in [7, 11) is 0. The van der Waals surface area contributed by atoms with E-state index < -0.39 is 10.8 Å². The quantitative estimate of drug-likeness (QED) is 0.615. The van der Waals surface area contributed by atoms with Crippen LogP contribution in [0.15, 0.2) is 47.1 Å². The summed E-state index contributed by atoms with van der Waals surface area (Å²) in [6.07, 6.45) is 1.50. The molecule has 0 saturated heterocycles. The highest BCUT2D eigenvalue weighted by Gasteiger charge is 2.10. The molecule has 8 nitrogen and oxygen atoms in total. The van der Waals surface area contributed by atoms with Crippen LogP contribution in [-0.2, 0) is 11.3 Å². The van der Waals surface area contributed by atoms with Crippen LogP contribution in [0.1, 0.15) is 16.1 Å². The Bertz CT molecular complexity index is 664. The van der Waals surface area contributed by atoms with Gasteiger partial charge in [-0.1, -0.05) is 0 Å². The predicted molar refractivity (Wildman–Crippen MR) is 76.0 cm³/mol. The number of benzene rings is 1. The minimum atomic E-state index is -0.552. The van der Waals surface area contributed by atoms with Gasteiger partial charge in [0.25, 0.3) is 11.6 Å². The van der Waals surface area contributed by atoms with E-state index in [9.17, 15) is 19.7 Å². The number of nitro benzene ring substituents is 1. The zero-order valence-electron chi connectivity index (χ0n) is 11.4. The van der Waals surface area contributed by atoms with Gasteiger partial charge in [-0.05, 0) is 24.3 Å². The van der Waals surface area contributed by atoms with Crippen molar-refractivity contribution in [3.05, 3.63) is 64.1 Å². The summed E-state index contributed by atoms with van der Waals surface area (Å²) in [4.78, 5) is 33.3. The standard InChI is InChI=1S/C14H13N3O5/c18-13(15-8-12-2-1-7-22-12)9-16-14(19)10-3-5-11(6-4-10)17(20)21/h1-7H,8-9H2,(H,15,18)(H,16,19). The van der Waals surface area contributed by atoms with Crippen molar-refractivity contribution in [1.29, 1.82) is 0 Å². The Labute approximate surface area is 125 Å². The third-order valence-corrected chi connectivity index (χ3v) is 2.79. The van der Waals surface area contributed by atoms with Gasteiger partial charge < -0.3 is 15.1 Å². The molecule has 0 spiro atoms. The fourth-order valence-electron chi connectivity index (χ4n) is 1.66. The summed E-state index contributed by atoms with van der Waals surface area (Å²) in [6, 6.07) is 8.54. The van der Waals surface area contributed by atoms with E-state index in [2.05, 4.69) is 10.6 Å². The molecule has 0 aliphatic carbocycles. The molecule has 0 fully saturated rings. The minimum absolute atomic E-state index is 0.104. The SMILES string of the molecule is O=C(CNC(=O)c1ccc([N+](=O)[O-])cc1)NCc1ccco1. The first-order chi connectivity index (χ1) is 10.6. The van der Waals surface area contributed by atoms with E-state index in [0.717, 1.165) is 0 Å². The normalized spacial score (nSPS) is 10.0. The van der Waals surface area contributed by atoms with E-state index in [0.29, 0.717) is 5.76 Å². The van der Waals surface area contributed by atoms with Gasteiger partial charge in [0.2, 0.25) is 5.91 Å². The molecule has 0 unspecified atom stereocenters. The first-order valence-electron chi connectivity index (χ1n) is 6.38. The van der Waals surface area contributed by atoms with Crippen LogP contribution in [0.2, 0.25) is 0 Å². The molecule has 2 aromatic rings. The molecule has 8 heteroatoms. The van der Waals surface area contributed by atoms with E-state index in [1.165, 1.54) is 30.5 Å². The molecule has 22 heavy (non-hydrogen) atoms. The van der Waals surface area contributed by atoms with Gasteiger partial charge in [0, 0.05) is 17.7 Å². The Kier molecular flexibility index (Phi) is 4.86. The third-order valence-electron chi connectivity index (χ3n) is 2.79. The lowest BCUT2D eigenvalue weighted by Gasteiger charge is -2.06. The van der Waals surface area contributed by atoms with Crippen molar-refractivity contribution < 1.29 is 18.9 Å². The van der Waals surface area contributed by atoms with Crippen LogP contribution in [0.3, 0.4) is 0 Å². The maximum absolute atomic E-state index is 11.8. The largest absolute Gasteiger partial charge is 0.467 e. The zero-order valence-corrected chi connectivity index (χ0v) is 11.4. The molecular weight excluding hydrogens is 290 g/mol.